The third-order valence-corrected chi connectivity index (χ3v) is 2.53. The van der Waals surface area contributed by atoms with E-state index in [4.69, 9.17) is 18.1 Å². The number of methoxy groups -OCH3 is 1. The molecule has 0 fully saturated rings. The van der Waals surface area contributed by atoms with Gasteiger partial charge in [0.15, 0.2) is 0 Å². The molecule has 0 unspecified atom stereocenters. The van der Waals surface area contributed by atoms with E-state index in [0.717, 1.165) is 0 Å². The monoisotopic (exact) mass is 236 g/mol. The van der Waals surface area contributed by atoms with Crippen LogP contribution in [0.25, 0.3) is 10.8 Å². The fourth-order valence-electron chi connectivity index (χ4n) is 1.47. The molecule has 1 N–H and O–H groups in total. The van der Waals surface area contributed by atoms with Crippen molar-refractivity contribution in [3.05, 3.63) is 41.9 Å². The van der Waals surface area contributed by atoms with E-state index in [1.54, 1.807) is 0 Å². The Morgan fingerprint density at radius 1 is 1.47 bits per heavy atom. The topological polar surface area (TPSA) is 46.5 Å². The molecule has 0 heterocycles. The van der Waals surface area contributed by atoms with E-state index in [0.29, 0.717) is 0 Å². The molecule has 0 aliphatic carbocycles. The molecule has 0 aliphatic rings. The van der Waals surface area contributed by atoms with Gasteiger partial charge in [0.05, 0.1) is 21.2 Å². The molecule has 0 aromatic heterocycles. The van der Waals surface area contributed by atoms with Gasteiger partial charge in [-0.25, -0.2) is 0 Å². The quantitative estimate of drug-likeness (QED) is 0.891. The Morgan fingerprint density at radius 3 is 3.00 bits per heavy atom. The van der Waals surface area contributed by atoms with Crippen LogP contribution in [0.5, 0.6) is 5.75 Å². The van der Waals surface area contributed by atoms with E-state index in [9.17, 15) is 4.79 Å². The number of carboxylic acids is 1. The molecule has 0 aliphatic heterocycles. The summed E-state index contributed by atoms with van der Waals surface area (Å²) in [5, 5.41) is 9.52. The molecule has 3 heteroatoms. The summed E-state index contributed by atoms with van der Waals surface area (Å²) in [7, 11) is -2.73. The van der Waals surface area contributed by atoms with Crippen molar-refractivity contribution in [2.75, 3.05) is 7.04 Å². The van der Waals surface area contributed by atoms with Crippen LogP contribution >= 0.6 is 0 Å². The van der Waals surface area contributed by atoms with Crippen molar-refractivity contribution in [1.29, 1.82) is 0 Å². The highest BCUT2D eigenvalue weighted by Gasteiger charge is 2.13. The van der Waals surface area contributed by atoms with Crippen molar-refractivity contribution in [3.63, 3.8) is 0 Å². The van der Waals surface area contributed by atoms with Gasteiger partial charge in [-0.3, -0.25) is 4.79 Å². The molecular weight excluding hydrogens is 216 g/mol. The van der Waals surface area contributed by atoms with Gasteiger partial charge in [-0.05, 0) is 35.4 Å². The highest BCUT2D eigenvalue weighted by Crippen LogP contribution is 2.25. The summed E-state index contributed by atoms with van der Waals surface area (Å²) < 4.78 is 49.9. The standard InChI is InChI=1S/C14H14O3/c1-9(14(15)16)10-3-4-12-8-13(17-2)6-5-11(12)7-10/h3-9H,1-2H3,(H,15,16)/t9-/m0/s1/i2D3,4D,6D,7D. The smallest absolute Gasteiger partial charge is 0.310 e. The Balaban J connectivity index is 2.69. The van der Waals surface area contributed by atoms with Gasteiger partial charge in [0.2, 0.25) is 0 Å². The second-order valence-electron chi connectivity index (χ2n) is 3.66. The minimum absolute atomic E-state index is 0.0607. The number of carboxylic acid groups (broad SMARTS) is 1. The van der Waals surface area contributed by atoms with Gasteiger partial charge in [-0.1, -0.05) is 24.2 Å². The third kappa shape index (κ3) is 2.23. The molecule has 2 aromatic rings. The first-order valence-electron chi connectivity index (χ1n) is 7.97. The summed E-state index contributed by atoms with van der Waals surface area (Å²) in [6, 6.07) is 3.30. The zero-order chi connectivity index (χ0) is 17.5. The van der Waals surface area contributed by atoms with Crippen LogP contribution in [-0.4, -0.2) is 18.1 Å². The first kappa shape index (κ1) is 6.05. The van der Waals surface area contributed by atoms with Crippen LogP contribution in [0.2, 0.25) is 0 Å². The van der Waals surface area contributed by atoms with Gasteiger partial charge >= 0.3 is 5.97 Å². The molecule has 0 radical (unpaired) electrons. The lowest BCUT2D eigenvalue weighted by molar-refractivity contribution is -0.138. The van der Waals surface area contributed by atoms with Gasteiger partial charge in [0, 0.05) is 0 Å². The molecule has 17 heavy (non-hydrogen) atoms. The maximum absolute atomic E-state index is 11.1. The Labute approximate surface area is 108 Å². The van der Waals surface area contributed by atoms with Gasteiger partial charge in [-0.15, -0.1) is 0 Å². The molecule has 2 rings (SSSR count). The lowest BCUT2D eigenvalue weighted by Crippen LogP contribution is -2.06. The molecule has 3 nitrogen and oxygen atoms in total. The number of benzene rings is 2. The van der Waals surface area contributed by atoms with E-state index in [1.807, 2.05) is 0 Å². The van der Waals surface area contributed by atoms with Crippen molar-refractivity contribution in [2.45, 2.75) is 12.8 Å². The van der Waals surface area contributed by atoms with E-state index in [2.05, 4.69) is 0 Å². The van der Waals surface area contributed by atoms with E-state index in [1.165, 1.54) is 25.1 Å². The number of rotatable bonds is 3. The lowest BCUT2D eigenvalue weighted by atomic mass is 9.98. The molecule has 0 spiro atoms. The molecule has 0 saturated heterocycles. The van der Waals surface area contributed by atoms with Crippen LogP contribution in [0.15, 0.2) is 36.3 Å². The molecule has 1 atom stereocenters. The highest BCUT2D eigenvalue weighted by molar-refractivity contribution is 5.86. The first-order valence-corrected chi connectivity index (χ1v) is 4.97. The number of hydrogen-bond donors (Lipinski definition) is 1. The van der Waals surface area contributed by atoms with Gasteiger partial charge in [0.1, 0.15) is 5.75 Å². The SMILES string of the molecule is [2H]c1cc2c([2H])c([C@H](C)C(=O)O)cc([2H])c2cc1OC([2H])([2H])[2H]. The third-order valence-electron chi connectivity index (χ3n) is 2.53. The first-order chi connectivity index (χ1) is 10.5. The summed E-state index contributed by atoms with van der Waals surface area (Å²) in [6.45, 7) is 1.41. The Morgan fingerprint density at radius 2 is 2.29 bits per heavy atom. The summed E-state index contributed by atoms with van der Waals surface area (Å²) in [5.41, 5.74) is 0.166. The predicted octanol–water partition coefficient (Wildman–Crippen LogP) is 3.04. The molecular formula is C14H14O3. The van der Waals surface area contributed by atoms with Crippen LogP contribution in [-0.2, 0) is 4.79 Å². The number of ether oxygens (including phenoxy) is 1. The lowest BCUT2D eigenvalue weighted by Gasteiger charge is -2.08. The van der Waals surface area contributed by atoms with Crippen LogP contribution in [0.1, 0.15) is 26.6 Å². The molecule has 0 bridgehead atoms. The summed E-state index contributed by atoms with van der Waals surface area (Å²) in [5.74, 6) is -2.31. The number of aliphatic carboxylic acids is 1. The summed E-state index contributed by atoms with van der Waals surface area (Å²) in [4.78, 5) is 11.1. The Kier molecular flexibility index (Phi) is 1.59. The molecule has 88 valence electrons. The van der Waals surface area contributed by atoms with E-state index >= 15 is 0 Å². The predicted molar refractivity (Wildman–Crippen MR) is 66.6 cm³/mol. The average Bonchev–Trinajstić information content (AvgIpc) is 2.42. The summed E-state index contributed by atoms with van der Waals surface area (Å²) in [6.07, 6.45) is 0. The average molecular weight is 236 g/mol. The second kappa shape index (κ2) is 4.45. The Hall–Kier alpha value is -2.03. The van der Waals surface area contributed by atoms with E-state index < -0.39 is 18.9 Å². The second-order valence-corrected chi connectivity index (χ2v) is 3.66. The van der Waals surface area contributed by atoms with Crippen molar-refractivity contribution in [2.24, 2.45) is 0 Å². The van der Waals surface area contributed by atoms with Crippen LogP contribution in [0, 0.1) is 0 Å². The Bertz CT molecular complexity index is 784. The number of hydrogen-bond acceptors (Lipinski definition) is 2. The maximum Gasteiger partial charge on any atom is 0.310 e. The molecule has 0 saturated carbocycles. The van der Waals surface area contributed by atoms with Gasteiger partial charge in [-0.2, -0.15) is 0 Å². The zero-order valence-electron chi connectivity index (χ0n) is 15.1. The normalized spacial score (nSPS) is 18.2. The minimum Gasteiger partial charge on any atom is -0.497 e. The van der Waals surface area contributed by atoms with E-state index in [-0.39, 0.29) is 40.2 Å². The minimum atomic E-state index is -2.73. The zero-order valence-corrected chi connectivity index (χ0v) is 9.07. The number of carbonyl (C=O) groups is 1. The van der Waals surface area contributed by atoms with Crippen LogP contribution in [0.4, 0.5) is 0 Å². The van der Waals surface area contributed by atoms with Gasteiger partial charge in [0.25, 0.3) is 0 Å². The van der Waals surface area contributed by atoms with Crippen molar-refractivity contribution in [3.8, 4) is 5.75 Å². The fraction of sp³-hybridized carbons (Fsp3) is 0.214. The fourth-order valence-corrected chi connectivity index (χ4v) is 1.47. The number of fused-ring (bicyclic) bond motifs is 1. The van der Waals surface area contributed by atoms with Crippen molar-refractivity contribution >= 4 is 16.7 Å². The van der Waals surface area contributed by atoms with Gasteiger partial charge < -0.3 is 9.84 Å². The molecule has 2 aromatic carbocycles. The molecule has 0 amide bonds. The highest BCUT2D eigenvalue weighted by atomic mass is 16.5. The van der Waals surface area contributed by atoms with Crippen molar-refractivity contribution < 1.29 is 22.9 Å². The summed E-state index contributed by atoms with van der Waals surface area (Å²) >= 11 is 0. The maximum atomic E-state index is 11.1. The largest absolute Gasteiger partial charge is 0.497 e. The van der Waals surface area contributed by atoms with Crippen LogP contribution < -0.4 is 4.74 Å². The van der Waals surface area contributed by atoms with Crippen LogP contribution in [0.3, 0.4) is 0 Å². The van der Waals surface area contributed by atoms with Crippen molar-refractivity contribution in [1.82, 2.24) is 0 Å².